The Morgan fingerprint density at radius 2 is 1.91 bits per heavy atom. The van der Waals surface area contributed by atoms with Crippen molar-refractivity contribution < 1.29 is 14.3 Å². The molecule has 0 atom stereocenters. The maximum atomic E-state index is 12.7. The molecule has 2 N–H and O–H groups in total. The van der Waals surface area contributed by atoms with Gasteiger partial charge in [-0.15, -0.1) is 0 Å². The average molecular weight is 426 g/mol. The fourth-order valence-corrected chi connectivity index (χ4v) is 3.39. The van der Waals surface area contributed by atoms with E-state index in [1.165, 1.54) is 6.33 Å². The second-order valence-electron chi connectivity index (χ2n) is 7.14. The van der Waals surface area contributed by atoms with E-state index in [-0.39, 0.29) is 12.5 Å². The van der Waals surface area contributed by atoms with Crippen LogP contribution in [0.1, 0.15) is 29.8 Å². The van der Waals surface area contributed by atoms with Gasteiger partial charge in [-0.2, -0.15) is 0 Å². The summed E-state index contributed by atoms with van der Waals surface area (Å²) in [6.45, 7) is 3.79. The largest absolute Gasteiger partial charge is 0.462 e. The highest BCUT2D eigenvalue weighted by Gasteiger charge is 2.19. The van der Waals surface area contributed by atoms with Gasteiger partial charge in [0.15, 0.2) is 0 Å². The Balaban J connectivity index is 1.64. The van der Waals surface area contributed by atoms with E-state index in [9.17, 15) is 9.59 Å². The van der Waals surface area contributed by atoms with E-state index in [4.69, 9.17) is 4.74 Å². The van der Waals surface area contributed by atoms with Crippen LogP contribution >= 0.6 is 0 Å². The SMILES string of the molecule is CCOC(=O)c1c[nH]c2ncnc(-c3cccc(NC(=O)/C(C)=C/c4ccccc4)c3)c12. The van der Waals surface area contributed by atoms with Gasteiger partial charge < -0.3 is 15.0 Å². The van der Waals surface area contributed by atoms with Crippen LogP contribution in [0.15, 0.2) is 72.7 Å². The van der Waals surface area contributed by atoms with Crippen molar-refractivity contribution in [3.05, 3.63) is 83.8 Å². The summed E-state index contributed by atoms with van der Waals surface area (Å²) >= 11 is 0. The maximum Gasteiger partial charge on any atom is 0.340 e. The van der Waals surface area contributed by atoms with E-state index in [1.807, 2.05) is 54.6 Å². The molecule has 2 aromatic heterocycles. The minimum Gasteiger partial charge on any atom is -0.462 e. The number of H-pyrrole nitrogens is 1. The third-order valence-electron chi connectivity index (χ3n) is 4.90. The number of fused-ring (bicyclic) bond motifs is 1. The number of carbonyl (C=O) groups excluding carboxylic acids is 2. The molecule has 0 aliphatic carbocycles. The van der Waals surface area contributed by atoms with Gasteiger partial charge in [-0.25, -0.2) is 14.8 Å². The molecule has 160 valence electrons. The Hall–Kier alpha value is -4.26. The lowest BCUT2D eigenvalue weighted by Crippen LogP contribution is -2.12. The molecule has 0 aliphatic rings. The predicted molar refractivity (Wildman–Crippen MR) is 124 cm³/mol. The molecule has 0 spiro atoms. The number of hydrogen-bond acceptors (Lipinski definition) is 5. The van der Waals surface area contributed by atoms with Crippen LogP contribution < -0.4 is 5.32 Å². The zero-order valence-corrected chi connectivity index (χ0v) is 17.8. The monoisotopic (exact) mass is 426 g/mol. The fraction of sp³-hybridized carbons (Fsp3) is 0.120. The van der Waals surface area contributed by atoms with Gasteiger partial charge in [0.2, 0.25) is 0 Å². The number of amides is 1. The average Bonchev–Trinajstić information content (AvgIpc) is 3.24. The molecule has 0 saturated carbocycles. The summed E-state index contributed by atoms with van der Waals surface area (Å²) in [4.78, 5) is 36.7. The highest BCUT2D eigenvalue weighted by molar-refractivity contribution is 6.09. The number of ether oxygens (including phenoxy) is 1. The Labute approximate surface area is 185 Å². The molecular formula is C25H22N4O3. The third-order valence-corrected chi connectivity index (χ3v) is 4.90. The molecule has 0 aliphatic heterocycles. The Kier molecular flexibility index (Phi) is 6.07. The molecule has 0 bridgehead atoms. The third kappa shape index (κ3) is 4.41. The second kappa shape index (κ2) is 9.26. The molecule has 2 aromatic carbocycles. The van der Waals surface area contributed by atoms with Crippen molar-refractivity contribution in [3.63, 3.8) is 0 Å². The molecule has 1 amide bonds. The van der Waals surface area contributed by atoms with Crippen LogP contribution in [0, 0.1) is 0 Å². The van der Waals surface area contributed by atoms with Crippen LogP contribution in [0.4, 0.5) is 5.69 Å². The summed E-state index contributed by atoms with van der Waals surface area (Å²) in [6, 6.07) is 17.0. The van der Waals surface area contributed by atoms with Gasteiger partial charge in [-0.05, 0) is 37.6 Å². The maximum absolute atomic E-state index is 12.7. The zero-order valence-electron chi connectivity index (χ0n) is 17.8. The van der Waals surface area contributed by atoms with Gasteiger partial charge in [0.25, 0.3) is 5.91 Å². The minimum atomic E-state index is -0.444. The Morgan fingerprint density at radius 3 is 2.69 bits per heavy atom. The van der Waals surface area contributed by atoms with E-state index in [1.54, 1.807) is 26.1 Å². The summed E-state index contributed by atoms with van der Waals surface area (Å²) in [5, 5.41) is 3.50. The number of nitrogens with zero attached hydrogens (tertiary/aromatic N) is 2. The molecule has 0 radical (unpaired) electrons. The normalized spacial score (nSPS) is 11.4. The standard InChI is InChI=1S/C25H22N4O3/c1-3-32-25(31)20-14-26-23-21(20)22(27-15-28-23)18-10-7-11-19(13-18)29-24(30)16(2)12-17-8-5-4-6-9-17/h4-15H,3H2,1-2H3,(H,29,30)(H,26,27,28)/b16-12+. The Morgan fingerprint density at radius 1 is 1.09 bits per heavy atom. The minimum absolute atomic E-state index is 0.201. The van der Waals surface area contributed by atoms with E-state index in [0.717, 1.165) is 11.1 Å². The first kappa shape index (κ1) is 21.0. The van der Waals surface area contributed by atoms with Gasteiger partial charge in [0.1, 0.15) is 12.0 Å². The van der Waals surface area contributed by atoms with Crippen molar-refractivity contribution >= 4 is 34.7 Å². The number of benzene rings is 2. The van der Waals surface area contributed by atoms with Gasteiger partial charge in [0, 0.05) is 23.0 Å². The van der Waals surface area contributed by atoms with Crippen LogP contribution in [-0.2, 0) is 9.53 Å². The number of nitrogens with one attached hydrogen (secondary N) is 2. The van der Waals surface area contributed by atoms with Crippen molar-refractivity contribution in [2.75, 3.05) is 11.9 Å². The molecule has 2 heterocycles. The van der Waals surface area contributed by atoms with Crippen LogP contribution in [0.5, 0.6) is 0 Å². The molecule has 7 heteroatoms. The summed E-state index contributed by atoms with van der Waals surface area (Å²) in [7, 11) is 0. The van der Waals surface area contributed by atoms with Crippen molar-refractivity contribution in [2.45, 2.75) is 13.8 Å². The van der Waals surface area contributed by atoms with E-state index in [2.05, 4.69) is 20.3 Å². The first-order valence-corrected chi connectivity index (χ1v) is 10.2. The lowest BCUT2D eigenvalue weighted by atomic mass is 10.1. The van der Waals surface area contributed by atoms with Gasteiger partial charge in [-0.3, -0.25) is 4.79 Å². The van der Waals surface area contributed by atoms with Crippen LogP contribution in [0.25, 0.3) is 28.4 Å². The smallest absolute Gasteiger partial charge is 0.340 e. The first-order valence-electron chi connectivity index (χ1n) is 10.2. The molecule has 4 rings (SSSR count). The van der Waals surface area contributed by atoms with Crippen molar-refractivity contribution in [2.24, 2.45) is 0 Å². The number of esters is 1. The van der Waals surface area contributed by atoms with Crippen LogP contribution in [0.3, 0.4) is 0 Å². The van der Waals surface area contributed by atoms with Gasteiger partial charge >= 0.3 is 5.97 Å². The predicted octanol–water partition coefficient (Wildman–Crippen LogP) is 4.84. The number of anilines is 1. The second-order valence-corrected chi connectivity index (χ2v) is 7.14. The van der Waals surface area contributed by atoms with Gasteiger partial charge in [-0.1, -0.05) is 42.5 Å². The lowest BCUT2D eigenvalue weighted by molar-refractivity contribution is -0.112. The van der Waals surface area contributed by atoms with E-state index in [0.29, 0.717) is 33.6 Å². The fourth-order valence-electron chi connectivity index (χ4n) is 3.39. The number of carbonyl (C=O) groups is 2. The molecule has 32 heavy (non-hydrogen) atoms. The molecule has 0 fully saturated rings. The van der Waals surface area contributed by atoms with E-state index < -0.39 is 5.97 Å². The summed E-state index contributed by atoms with van der Waals surface area (Å²) in [6.07, 6.45) is 4.84. The van der Waals surface area contributed by atoms with E-state index >= 15 is 0 Å². The van der Waals surface area contributed by atoms with Crippen LogP contribution in [-0.4, -0.2) is 33.4 Å². The highest BCUT2D eigenvalue weighted by atomic mass is 16.5. The summed E-state index contributed by atoms with van der Waals surface area (Å²) in [5.41, 5.74) is 4.38. The van der Waals surface area contributed by atoms with Crippen molar-refractivity contribution in [1.82, 2.24) is 15.0 Å². The lowest BCUT2D eigenvalue weighted by Gasteiger charge is -2.09. The van der Waals surface area contributed by atoms with Crippen LogP contribution in [0.2, 0.25) is 0 Å². The number of hydrogen-bond donors (Lipinski definition) is 2. The topological polar surface area (TPSA) is 97.0 Å². The number of aromatic nitrogens is 3. The molecule has 4 aromatic rings. The molecule has 0 unspecified atom stereocenters. The zero-order chi connectivity index (χ0) is 22.5. The van der Waals surface area contributed by atoms with Gasteiger partial charge in [0.05, 0.1) is 23.3 Å². The highest BCUT2D eigenvalue weighted by Crippen LogP contribution is 2.30. The van der Waals surface area contributed by atoms with Crippen molar-refractivity contribution in [3.8, 4) is 11.3 Å². The quantitative estimate of drug-likeness (QED) is 0.340. The first-order chi connectivity index (χ1) is 15.6. The summed E-state index contributed by atoms with van der Waals surface area (Å²) in [5.74, 6) is -0.645. The number of aromatic amines is 1. The molecular weight excluding hydrogens is 404 g/mol. The number of rotatable bonds is 6. The van der Waals surface area contributed by atoms with Crippen molar-refractivity contribution in [1.29, 1.82) is 0 Å². The summed E-state index contributed by atoms with van der Waals surface area (Å²) < 4.78 is 5.16. The molecule has 0 saturated heterocycles. The molecule has 7 nitrogen and oxygen atoms in total. The Bertz CT molecular complexity index is 1310.